The number of halogens is 1. The molecule has 0 aliphatic carbocycles. The van der Waals surface area contributed by atoms with Gasteiger partial charge in [0, 0.05) is 30.9 Å². The van der Waals surface area contributed by atoms with Gasteiger partial charge in [0.15, 0.2) is 5.78 Å². The number of rotatable bonds is 5. The largest absolute Gasteiger partial charge is 0.337 e. The average molecular weight is 232 g/mol. The number of Topliss-reactive ketones (excluding diaryl/α,β-unsaturated/α-hetero) is 1. The number of carbonyl (C=O) groups excluding carboxylic acids is 1. The van der Waals surface area contributed by atoms with Crippen LogP contribution >= 0.6 is 0 Å². The third-order valence-electron chi connectivity index (χ3n) is 2.55. The highest BCUT2D eigenvalue weighted by Crippen LogP contribution is 2.08. The van der Waals surface area contributed by atoms with E-state index in [-0.39, 0.29) is 11.6 Å². The summed E-state index contributed by atoms with van der Waals surface area (Å²) in [4.78, 5) is 15.7. The SMILES string of the molecule is O=C(CCCn1ccnc1)c1ccc(F)cc1. The second-order valence-corrected chi connectivity index (χ2v) is 3.83. The molecule has 1 heterocycles. The van der Waals surface area contributed by atoms with E-state index in [2.05, 4.69) is 4.98 Å². The Morgan fingerprint density at radius 3 is 2.71 bits per heavy atom. The molecule has 0 atom stereocenters. The van der Waals surface area contributed by atoms with Crippen molar-refractivity contribution in [1.29, 1.82) is 0 Å². The first-order valence-corrected chi connectivity index (χ1v) is 5.50. The van der Waals surface area contributed by atoms with Crippen molar-refractivity contribution in [2.45, 2.75) is 19.4 Å². The maximum Gasteiger partial charge on any atom is 0.162 e. The topological polar surface area (TPSA) is 34.9 Å². The Morgan fingerprint density at radius 2 is 2.06 bits per heavy atom. The number of aromatic nitrogens is 2. The summed E-state index contributed by atoms with van der Waals surface area (Å²) in [5.41, 5.74) is 0.567. The lowest BCUT2D eigenvalue weighted by atomic mass is 10.1. The van der Waals surface area contributed by atoms with Gasteiger partial charge in [0.1, 0.15) is 5.82 Å². The summed E-state index contributed by atoms with van der Waals surface area (Å²) in [7, 11) is 0. The van der Waals surface area contributed by atoms with Gasteiger partial charge in [0.05, 0.1) is 6.33 Å². The molecule has 0 spiro atoms. The fourth-order valence-electron chi connectivity index (χ4n) is 1.62. The van der Waals surface area contributed by atoms with Gasteiger partial charge in [0.25, 0.3) is 0 Å². The first kappa shape index (κ1) is 11.5. The van der Waals surface area contributed by atoms with Crippen LogP contribution in [0.2, 0.25) is 0 Å². The van der Waals surface area contributed by atoms with Gasteiger partial charge >= 0.3 is 0 Å². The van der Waals surface area contributed by atoms with Crippen LogP contribution in [0.25, 0.3) is 0 Å². The molecule has 0 radical (unpaired) electrons. The minimum absolute atomic E-state index is 0.0464. The maximum absolute atomic E-state index is 12.7. The van der Waals surface area contributed by atoms with Crippen LogP contribution in [0.15, 0.2) is 43.0 Å². The zero-order chi connectivity index (χ0) is 12.1. The van der Waals surface area contributed by atoms with Gasteiger partial charge in [-0.25, -0.2) is 9.37 Å². The van der Waals surface area contributed by atoms with E-state index < -0.39 is 0 Å². The lowest BCUT2D eigenvalue weighted by Crippen LogP contribution is -2.02. The quantitative estimate of drug-likeness (QED) is 0.743. The van der Waals surface area contributed by atoms with E-state index in [1.807, 2.05) is 10.8 Å². The maximum atomic E-state index is 12.7. The fourth-order valence-corrected chi connectivity index (χ4v) is 1.62. The molecule has 0 bridgehead atoms. The molecule has 0 saturated carbocycles. The van der Waals surface area contributed by atoms with E-state index in [4.69, 9.17) is 0 Å². The van der Waals surface area contributed by atoms with Crippen LogP contribution in [0.5, 0.6) is 0 Å². The number of ketones is 1. The van der Waals surface area contributed by atoms with Crippen molar-refractivity contribution in [1.82, 2.24) is 9.55 Å². The van der Waals surface area contributed by atoms with Crippen LogP contribution in [0.4, 0.5) is 4.39 Å². The molecule has 0 aliphatic rings. The highest BCUT2D eigenvalue weighted by Gasteiger charge is 2.05. The molecule has 0 amide bonds. The molecule has 2 rings (SSSR count). The Bertz CT molecular complexity index is 477. The summed E-state index contributed by atoms with van der Waals surface area (Å²) in [6.45, 7) is 0.771. The van der Waals surface area contributed by atoms with E-state index in [0.29, 0.717) is 12.0 Å². The van der Waals surface area contributed by atoms with Crippen LogP contribution in [0, 0.1) is 5.82 Å². The van der Waals surface area contributed by atoms with Gasteiger partial charge in [-0.05, 0) is 30.7 Å². The highest BCUT2D eigenvalue weighted by atomic mass is 19.1. The molecule has 88 valence electrons. The van der Waals surface area contributed by atoms with Gasteiger partial charge in [-0.15, -0.1) is 0 Å². The first-order valence-electron chi connectivity index (χ1n) is 5.50. The smallest absolute Gasteiger partial charge is 0.162 e. The molecular formula is C13H13FN2O. The van der Waals surface area contributed by atoms with Crippen LogP contribution in [0.3, 0.4) is 0 Å². The Hall–Kier alpha value is -1.97. The number of nitrogens with zero attached hydrogens (tertiary/aromatic N) is 2. The molecule has 0 fully saturated rings. The van der Waals surface area contributed by atoms with Crippen molar-refractivity contribution in [2.24, 2.45) is 0 Å². The molecule has 4 heteroatoms. The zero-order valence-electron chi connectivity index (χ0n) is 9.34. The Morgan fingerprint density at radius 1 is 1.29 bits per heavy atom. The average Bonchev–Trinajstić information content (AvgIpc) is 2.83. The van der Waals surface area contributed by atoms with Crippen LogP contribution in [-0.2, 0) is 6.54 Å². The summed E-state index contributed by atoms with van der Waals surface area (Å²) < 4.78 is 14.6. The zero-order valence-corrected chi connectivity index (χ0v) is 9.34. The molecule has 3 nitrogen and oxygen atoms in total. The van der Waals surface area contributed by atoms with Crippen LogP contribution in [0.1, 0.15) is 23.2 Å². The number of imidazole rings is 1. The van der Waals surface area contributed by atoms with Crippen molar-refractivity contribution in [3.8, 4) is 0 Å². The van der Waals surface area contributed by atoms with Crippen LogP contribution < -0.4 is 0 Å². The van der Waals surface area contributed by atoms with Crippen molar-refractivity contribution < 1.29 is 9.18 Å². The number of carbonyl (C=O) groups is 1. The fraction of sp³-hybridized carbons (Fsp3) is 0.231. The standard InChI is InChI=1S/C13H13FN2O/c14-12-5-3-11(4-6-12)13(17)2-1-8-16-9-7-15-10-16/h3-7,9-10H,1-2,8H2. The van der Waals surface area contributed by atoms with Crippen molar-refractivity contribution in [3.63, 3.8) is 0 Å². The van der Waals surface area contributed by atoms with Crippen molar-refractivity contribution in [3.05, 3.63) is 54.4 Å². The van der Waals surface area contributed by atoms with E-state index in [1.165, 1.54) is 24.3 Å². The lowest BCUT2D eigenvalue weighted by molar-refractivity contribution is 0.0978. The molecule has 2 aromatic rings. The van der Waals surface area contributed by atoms with Crippen molar-refractivity contribution in [2.75, 3.05) is 0 Å². The molecule has 0 aliphatic heterocycles. The predicted molar refractivity (Wildman–Crippen MR) is 62.2 cm³/mol. The molecular weight excluding hydrogens is 219 g/mol. The van der Waals surface area contributed by atoms with E-state index in [1.54, 1.807) is 12.5 Å². The second-order valence-electron chi connectivity index (χ2n) is 3.83. The summed E-state index contributed by atoms with van der Waals surface area (Å²) >= 11 is 0. The lowest BCUT2D eigenvalue weighted by Gasteiger charge is -2.02. The predicted octanol–water partition coefficient (Wildman–Crippen LogP) is 2.69. The molecule has 1 aromatic heterocycles. The number of benzene rings is 1. The minimum atomic E-state index is -0.319. The van der Waals surface area contributed by atoms with Gasteiger partial charge in [-0.2, -0.15) is 0 Å². The summed E-state index contributed by atoms with van der Waals surface area (Å²) in [5.74, 6) is -0.273. The highest BCUT2D eigenvalue weighted by molar-refractivity contribution is 5.95. The third kappa shape index (κ3) is 3.24. The Balaban J connectivity index is 1.83. The Labute approximate surface area is 98.9 Å². The number of aryl methyl sites for hydroxylation is 1. The van der Waals surface area contributed by atoms with Gasteiger partial charge < -0.3 is 4.57 Å². The second kappa shape index (κ2) is 5.39. The number of hydrogen-bond donors (Lipinski definition) is 0. The molecule has 1 aromatic carbocycles. The monoisotopic (exact) mass is 232 g/mol. The first-order chi connectivity index (χ1) is 8.25. The molecule has 0 saturated heterocycles. The van der Waals surface area contributed by atoms with E-state index in [9.17, 15) is 9.18 Å². The van der Waals surface area contributed by atoms with Crippen LogP contribution in [-0.4, -0.2) is 15.3 Å². The van der Waals surface area contributed by atoms with Gasteiger partial charge in [-0.1, -0.05) is 0 Å². The van der Waals surface area contributed by atoms with Gasteiger partial charge in [0.2, 0.25) is 0 Å². The number of hydrogen-bond acceptors (Lipinski definition) is 2. The third-order valence-corrected chi connectivity index (χ3v) is 2.55. The van der Waals surface area contributed by atoms with E-state index in [0.717, 1.165) is 13.0 Å². The molecule has 0 unspecified atom stereocenters. The summed E-state index contributed by atoms with van der Waals surface area (Å²) in [6, 6.07) is 5.66. The summed E-state index contributed by atoms with van der Waals surface area (Å²) in [5, 5.41) is 0. The minimum Gasteiger partial charge on any atom is -0.337 e. The van der Waals surface area contributed by atoms with E-state index >= 15 is 0 Å². The Kier molecular flexibility index (Phi) is 3.65. The molecule has 17 heavy (non-hydrogen) atoms. The molecule has 0 N–H and O–H groups in total. The summed E-state index contributed by atoms with van der Waals surface area (Å²) in [6.07, 6.45) is 6.52. The van der Waals surface area contributed by atoms with Crippen molar-refractivity contribution >= 4 is 5.78 Å². The normalized spacial score (nSPS) is 10.4. The van der Waals surface area contributed by atoms with Gasteiger partial charge in [-0.3, -0.25) is 4.79 Å².